The predicted molar refractivity (Wildman–Crippen MR) is 41.4 cm³/mol. The zero-order valence-corrected chi connectivity index (χ0v) is 9.30. The van der Waals surface area contributed by atoms with E-state index >= 15 is 0 Å². The van der Waals surface area contributed by atoms with Crippen LogP contribution in [0.15, 0.2) is 22.3 Å². The minimum atomic E-state index is 0. The Morgan fingerprint density at radius 2 is 1.10 bits per heavy atom. The summed E-state index contributed by atoms with van der Waals surface area (Å²) >= 11 is 0. The fourth-order valence-electron chi connectivity index (χ4n) is 1.30. The van der Waals surface area contributed by atoms with Crippen molar-refractivity contribution in [3.63, 3.8) is 0 Å². The summed E-state index contributed by atoms with van der Waals surface area (Å²) in [4.78, 5) is 0. The molecule has 10 heavy (non-hydrogen) atoms. The molecule has 0 aromatic carbocycles. The van der Waals surface area contributed by atoms with Gasteiger partial charge in [-0.2, -0.15) is 0 Å². The maximum Gasteiger partial charge on any atom is 4.00 e. The Morgan fingerprint density at radius 3 is 1.20 bits per heavy atom. The van der Waals surface area contributed by atoms with Crippen molar-refractivity contribution < 1.29 is 21.1 Å². The van der Waals surface area contributed by atoms with Crippen LogP contribution >= 0.6 is 0 Å². The van der Waals surface area contributed by atoms with Crippen molar-refractivity contribution >= 4 is 0 Å². The molecule has 0 N–H and O–H groups in total. The second-order valence-corrected chi connectivity index (χ2v) is 2.99. The summed E-state index contributed by atoms with van der Waals surface area (Å²) in [6, 6.07) is 0. The van der Waals surface area contributed by atoms with Crippen LogP contribution in [0, 0.1) is 0 Å². The van der Waals surface area contributed by atoms with Gasteiger partial charge in [0, 0.05) is 0 Å². The minimum Gasteiger partial charge on any atom is -0.0661 e. The van der Waals surface area contributed by atoms with Gasteiger partial charge in [-0.3, -0.25) is 0 Å². The van der Waals surface area contributed by atoms with Gasteiger partial charge in [-0.1, -0.05) is 11.1 Å². The monoisotopic (exact) mass is 317 g/mol. The molecule has 0 aromatic heterocycles. The van der Waals surface area contributed by atoms with Crippen LogP contribution in [-0.2, 0) is 21.1 Å². The van der Waals surface area contributed by atoms with Crippen LogP contribution in [0.1, 0.15) is 34.1 Å². The fraction of sp³-hybridized carbons (Fsp3) is 0.556. The van der Waals surface area contributed by atoms with Crippen LogP contribution in [0.25, 0.3) is 0 Å². The van der Waals surface area contributed by atoms with Gasteiger partial charge in [0.15, 0.2) is 0 Å². The molecule has 0 radical (unpaired) electrons. The van der Waals surface area contributed by atoms with E-state index in [1.807, 2.05) is 0 Å². The molecule has 0 fully saturated rings. The SMILES string of the molecule is CC1=C(C)C(C)=C(C)C1.[Pt+4]. The molecule has 1 rings (SSSR count). The predicted octanol–water partition coefficient (Wildman–Crippen LogP) is 3.06. The summed E-state index contributed by atoms with van der Waals surface area (Å²) < 4.78 is 0. The third kappa shape index (κ3) is 1.61. The van der Waals surface area contributed by atoms with Gasteiger partial charge in [0.25, 0.3) is 0 Å². The Morgan fingerprint density at radius 1 is 0.800 bits per heavy atom. The first-order valence-corrected chi connectivity index (χ1v) is 3.46. The molecule has 0 amide bonds. The maximum atomic E-state index is 2.22. The van der Waals surface area contributed by atoms with E-state index in [0.29, 0.717) is 0 Å². The van der Waals surface area contributed by atoms with E-state index < -0.39 is 0 Å². The van der Waals surface area contributed by atoms with Crippen molar-refractivity contribution in [2.45, 2.75) is 34.1 Å². The summed E-state index contributed by atoms with van der Waals surface area (Å²) in [5.41, 5.74) is 6.11. The van der Waals surface area contributed by atoms with Gasteiger partial charge in [0.05, 0.1) is 0 Å². The van der Waals surface area contributed by atoms with E-state index in [2.05, 4.69) is 27.7 Å². The normalized spacial score (nSPS) is 18.0. The van der Waals surface area contributed by atoms with Crippen molar-refractivity contribution in [3.8, 4) is 0 Å². The zero-order chi connectivity index (χ0) is 7.02. The Balaban J connectivity index is 0.000000810. The standard InChI is InChI=1S/C9H14.Pt/c1-6-5-7(2)9(4)8(6)3;/h5H2,1-4H3;/q;+4. The first-order valence-electron chi connectivity index (χ1n) is 3.46. The topological polar surface area (TPSA) is 0 Å². The molecule has 0 spiro atoms. The molecular weight excluding hydrogens is 303 g/mol. The third-order valence-corrected chi connectivity index (χ3v) is 2.37. The van der Waals surface area contributed by atoms with Gasteiger partial charge in [-0.15, -0.1) is 0 Å². The van der Waals surface area contributed by atoms with Crippen molar-refractivity contribution in [1.82, 2.24) is 0 Å². The Bertz CT molecular complexity index is 175. The molecule has 1 aliphatic carbocycles. The van der Waals surface area contributed by atoms with Gasteiger partial charge in [0.1, 0.15) is 0 Å². The quantitative estimate of drug-likeness (QED) is 0.644. The Kier molecular flexibility index (Phi) is 3.59. The van der Waals surface area contributed by atoms with Crippen molar-refractivity contribution in [2.24, 2.45) is 0 Å². The van der Waals surface area contributed by atoms with Gasteiger partial charge < -0.3 is 0 Å². The second kappa shape index (κ2) is 3.53. The van der Waals surface area contributed by atoms with E-state index in [9.17, 15) is 0 Å². The molecule has 0 saturated carbocycles. The molecule has 1 heteroatoms. The summed E-state index contributed by atoms with van der Waals surface area (Å²) in [5, 5.41) is 0. The molecule has 0 saturated heterocycles. The van der Waals surface area contributed by atoms with Crippen molar-refractivity contribution in [1.29, 1.82) is 0 Å². The van der Waals surface area contributed by atoms with Gasteiger partial charge in [0.2, 0.25) is 0 Å². The number of hydrogen-bond donors (Lipinski definition) is 0. The molecular formula is C9H14Pt+4. The third-order valence-electron chi connectivity index (χ3n) is 2.37. The molecule has 0 unspecified atom stereocenters. The Hall–Kier alpha value is 0.168. The largest absolute Gasteiger partial charge is 4.00 e. The molecule has 1 aliphatic rings. The molecule has 0 bridgehead atoms. The molecule has 0 aliphatic heterocycles. The minimum absolute atomic E-state index is 0. The average molecular weight is 317 g/mol. The molecule has 56 valence electrons. The maximum absolute atomic E-state index is 2.22. The van der Waals surface area contributed by atoms with Gasteiger partial charge in [-0.05, 0) is 45.3 Å². The van der Waals surface area contributed by atoms with E-state index in [0.717, 1.165) is 0 Å². The van der Waals surface area contributed by atoms with E-state index in [1.54, 1.807) is 11.1 Å². The molecule has 0 heterocycles. The zero-order valence-electron chi connectivity index (χ0n) is 7.02. The van der Waals surface area contributed by atoms with Crippen molar-refractivity contribution in [2.75, 3.05) is 0 Å². The number of rotatable bonds is 0. The average Bonchev–Trinajstić information content (AvgIpc) is 1.98. The summed E-state index contributed by atoms with van der Waals surface area (Å²) in [6.07, 6.45) is 1.21. The van der Waals surface area contributed by atoms with Crippen LogP contribution in [0.3, 0.4) is 0 Å². The Labute approximate surface area is 77.7 Å². The smallest absolute Gasteiger partial charge is 0.0661 e. The van der Waals surface area contributed by atoms with E-state index in [-0.39, 0.29) is 21.1 Å². The molecule has 0 atom stereocenters. The molecule has 0 aromatic rings. The molecule has 0 nitrogen and oxygen atoms in total. The number of allylic oxidation sites excluding steroid dienone is 4. The fourth-order valence-corrected chi connectivity index (χ4v) is 1.30. The van der Waals surface area contributed by atoms with Crippen LogP contribution in [0.2, 0.25) is 0 Å². The van der Waals surface area contributed by atoms with Gasteiger partial charge in [-0.25, -0.2) is 0 Å². The summed E-state index contributed by atoms with van der Waals surface area (Å²) in [7, 11) is 0. The van der Waals surface area contributed by atoms with Crippen LogP contribution in [0.4, 0.5) is 0 Å². The van der Waals surface area contributed by atoms with Crippen LogP contribution in [-0.4, -0.2) is 0 Å². The first-order chi connectivity index (χ1) is 4.13. The number of hydrogen-bond acceptors (Lipinski definition) is 0. The summed E-state index contributed by atoms with van der Waals surface area (Å²) in [6.45, 7) is 8.85. The summed E-state index contributed by atoms with van der Waals surface area (Å²) in [5.74, 6) is 0. The first kappa shape index (κ1) is 10.2. The van der Waals surface area contributed by atoms with E-state index in [1.165, 1.54) is 17.6 Å². The van der Waals surface area contributed by atoms with E-state index in [4.69, 9.17) is 0 Å². The van der Waals surface area contributed by atoms with Crippen molar-refractivity contribution in [3.05, 3.63) is 22.3 Å². The van der Waals surface area contributed by atoms with Crippen LogP contribution < -0.4 is 0 Å². The van der Waals surface area contributed by atoms with Crippen LogP contribution in [0.5, 0.6) is 0 Å². The second-order valence-electron chi connectivity index (χ2n) is 2.99. The van der Waals surface area contributed by atoms with Gasteiger partial charge >= 0.3 is 21.1 Å².